The molecule has 6 nitrogen and oxygen atoms in total. The molecule has 0 saturated carbocycles. The smallest absolute Gasteiger partial charge is 0.269 e. The number of hydrogen-bond donors (Lipinski definition) is 1. The molecule has 0 amide bonds. The second-order valence-corrected chi connectivity index (χ2v) is 5.15. The zero-order valence-electron chi connectivity index (χ0n) is 11.6. The summed E-state index contributed by atoms with van der Waals surface area (Å²) < 4.78 is 5.32. The number of hydrogen-bond acceptors (Lipinski definition) is 5. The van der Waals surface area contributed by atoms with Crippen LogP contribution in [-0.4, -0.2) is 47.8 Å². The number of ether oxygens (including phenoxy) is 1. The van der Waals surface area contributed by atoms with Gasteiger partial charge < -0.3 is 14.7 Å². The maximum atomic E-state index is 10.7. The Kier molecular flexibility index (Phi) is 5.05. The second kappa shape index (κ2) is 6.78. The third-order valence-corrected chi connectivity index (χ3v) is 3.74. The zero-order valence-corrected chi connectivity index (χ0v) is 11.6. The predicted octanol–water partition coefficient (Wildman–Crippen LogP) is 1.74. The highest BCUT2D eigenvalue weighted by Crippen LogP contribution is 2.22. The second-order valence-electron chi connectivity index (χ2n) is 5.15. The van der Waals surface area contributed by atoms with E-state index in [4.69, 9.17) is 4.74 Å². The molecule has 0 spiro atoms. The molecule has 20 heavy (non-hydrogen) atoms. The summed E-state index contributed by atoms with van der Waals surface area (Å²) in [5.41, 5.74) is 0.591. The minimum absolute atomic E-state index is 0.00951. The van der Waals surface area contributed by atoms with Crippen LogP contribution in [0.3, 0.4) is 0 Å². The van der Waals surface area contributed by atoms with Crippen molar-refractivity contribution in [1.82, 2.24) is 4.90 Å². The van der Waals surface area contributed by atoms with Gasteiger partial charge in [0.15, 0.2) is 0 Å². The maximum absolute atomic E-state index is 10.7. The summed E-state index contributed by atoms with van der Waals surface area (Å²) in [5.74, 6) is 0. The van der Waals surface area contributed by atoms with Gasteiger partial charge in [0.2, 0.25) is 0 Å². The number of nitrogens with zero attached hydrogens (tertiary/aromatic N) is 2. The van der Waals surface area contributed by atoms with Gasteiger partial charge in [-0.3, -0.25) is 10.1 Å². The summed E-state index contributed by atoms with van der Waals surface area (Å²) in [7, 11) is 1.97. The van der Waals surface area contributed by atoms with Crippen molar-refractivity contribution in [2.45, 2.75) is 25.0 Å². The summed E-state index contributed by atoms with van der Waals surface area (Å²) in [6.07, 6.45) is 1.19. The molecule has 0 aliphatic carbocycles. The lowest BCUT2D eigenvalue weighted by Crippen LogP contribution is -2.38. The van der Waals surface area contributed by atoms with Crippen LogP contribution in [0.2, 0.25) is 0 Å². The molecule has 1 aromatic carbocycles. The molecule has 2 rings (SSSR count). The first-order valence-corrected chi connectivity index (χ1v) is 6.78. The van der Waals surface area contributed by atoms with E-state index in [0.717, 1.165) is 26.1 Å². The molecule has 1 saturated heterocycles. The molecule has 110 valence electrons. The molecular weight excluding hydrogens is 260 g/mol. The molecule has 1 N–H and O–H groups in total. The van der Waals surface area contributed by atoms with E-state index in [1.165, 1.54) is 12.1 Å². The highest BCUT2D eigenvalue weighted by molar-refractivity contribution is 5.35. The van der Waals surface area contributed by atoms with E-state index >= 15 is 0 Å². The van der Waals surface area contributed by atoms with Crippen molar-refractivity contribution in [2.24, 2.45) is 0 Å². The number of nitro benzene ring substituents is 1. The van der Waals surface area contributed by atoms with E-state index in [2.05, 4.69) is 4.90 Å². The molecule has 1 atom stereocenters. The lowest BCUT2D eigenvalue weighted by atomic mass is 10.0. The van der Waals surface area contributed by atoms with Gasteiger partial charge in [-0.05, 0) is 25.5 Å². The van der Waals surface area contributed by atoms with Crippen LogP contribution in [0.4, 0.5) is 5.69 Å². The zero-order chi connectivity index (χ0) is 14.5. The van der Waals surface area contributed by atoms with Crippen molar-refractivity contribution < 1.29 is 14.8 Å². The molecule has 0 radical (unpaired) electrons. The van der Waals surface area contributed by atoms with Crippen LogP contribution in [0.15, 0.2) is 24.3 Å². The van der Waals surface area contributed by atoms with E-state index in [1.807, 2.05) is 7.05 Å². The van der Waals surface area contributed by atoms with Gasteiger partial charge in [0, 0.05) is 37.9 Å². The predicted molar refractivity (Wildman–Crippen MR) is 74.5 cm³/mol. The standard InChI is InChI=1S/C14H20N2O4/c1-15(12-5-7-20-8-6-12)10-14(17)11-3-2-4-13(9-11)16(18)19/h2-4,9,12,14,17H,5-8,10H2,1H3. The van der Waals surface area contributed by atoms with Crippen molar-refractivity contribution in [2.75, 3.05) is 26.8 Å². The number of likely N-dealkylation sites (N-methyl/N-ethyl adjacent to an activating group) is 1. The number of aliphatic hydroxyl groups is 1. The SMILES string of the molecule is CN(CC(O)c1cccc([N+](=O)[O-])c1)C1CCOCC1. The molecule has 1 fully saturated rings. The summed E-state index contributed by atoms with van der Waals surface area (Å²) in [6.45, 7) is 1.97. The normalized spacial score (nSPS) is 18.1. The van der Waals surface area contributed by atoms with Crippen molar-refractivity contribution in [3.8, 4) is 0 Å². The lowest BCUT2D eigenvalue weighted by molar-refractivity contribution is -0.385. The highest BCUT2D eigenvalue weighted by atomic mass is 16.6. The van der Waals surface area contributed by atoms with Crippen LogP contribution in [-0.2, 0) is 4.74 Å². The Bertz CT molecular complexity index is 460. The van der Waals surface area contributed by atoms with E-state index in [1.54, 1.807) is 12.1 Å². The lowest BCUT2D eigenvalue weighted by Gasteiger charge is -2.32. The fraction of sp³-hybridized carbons (Fsp3) is 0.571. The summed E-state index contributed by atoms with van der Waals surface area (Å²) in [4.78, 5) is 12.4. The Morgan fingerprint density at radius 1 is 1.50 bits per heavy atom. The third-order valence-electron chi connectivity index (χ3n) is 3.74. The van der Waals surface area contributed by atoms with E-state index in [9.17, 15) is 15.2 Å². The summed E-state index contributed by atoms with van der Waals surface area (Å²) in [6, 6.07) is 6.58. The number of nitro groups is 1. The van der Waals surface area contributed by atoms with Crippen LogP contribution in [0, 0.1) is 10.1 Å². The van der Waals surface area contributed by atoms with Crippen LogP contribution >= 0.6 is 0 Å². The minimum atomic E-state index is -0.720. The van der Waals surface area contributed by atoms with Gasteiger partial charge in [-0.25, -0.2) is 0 Å². The largest absolute Gasteiger partial charge is 0.387 e. The van der Waals surface area contributed by atoms with Gasteiger partial charge in [0.25, 0.3) is 5.69 Å². The van der Waals surface area contributed by atoms with Gasteiger partial charge in [0.1, 0.15) is 0 Å². The summed E-state index contributed by atoms with van der Waals surface area (Å²) >= 11 is 0. The quantitative estimate of drug-likeness (QED) is 0.656. The fourth-order valence-corrected chi connectivity index (χ4v) is 2.50. The third kappa shape index (κ3) is 3.75. The molecule has 0 aromatic heterocycles. The molecule has 0 bridgehead atoms. The molecule has 1 aromatic rings. The van der Waals surface area contributed by atoms with Gasteiger partial charge in [-0.1, -0.05) is 12.1 Å². The van der Waals surface area contributed by atoms with E-state index < -0.39 is 11.0 Å². The van der Waals surface area contributed by atoms with Crippen LogP contribution in [0.25, 0.3) is 0 Å². The Labute approximate surface area is 118 Å². The first-order chi connectivity index (χ1) is 9.58. The fourth-order valence-electron chi connectivity index (χ4n) is 2.50. The van der Waals surface area contributed by atoms with Gasteiger partial charge in [-0.15, -0.1) is 0 Å². The maximum Gasteiger partial charge on any atom is 0.269 e. The van der Waals surface area contributed by atoms with Crippen LogP contribution in [0.1, 0.15) is 24.5 Å². The topological polar surface area (TPSA) is 75.8 Å². The first-order valence-electron chi connectivity index (χ1n) is 6.78. The average molecular weight is 280 g/mol. The Hall–Kier alpha value is -1.50. The number of benzene rings is 1. The van der Waals surface area contributed by atoms with Gasteiger partial charge in [-0.2, -0.15) is 0 Å². The number of aliphatic hydroxyl groups excluding tert-OH is 1. The van der Waals surface area contributed by atoms with Gasteiger partial charge >= 0.3 is 0 Å². The molecule has 1 unspecified atom stereocenters. The van der Waals surface area contributed by atoms with Crippen molar-refractivity contribution in [1.29, 1.82) is 0 Å². The van der Waals surface area contributed by atoms with Crippen molar-refractivity contribution in [3.63, 3.8) is 0 Å². The highest BCUT2D eigenvalue weighted by Gasteiger charge is 2.21. The first kappa shape index (κ1) is 14.9. The Balaban J connectivity index is 1.98. The molecular formula is C14H20N2O4. The minimum Gasteiger partial charge on any atom is -0.387 e. The van der Waals surface area contributed by atoms with Crippen LogP contribution in [0.5, 0.6) is 0 Å². The van der Waals surface area contributed by atoms with Crippen LogP contribution < -0.4 is 0 Å². The van der Waals surface area contributed by atoms with E-state index in [0.29, 0.717) is 18.2 Å². The Morgan fingerprint density at radius 3 is 2.85 bits per heavy atom. The molecule has 6 heteroatoms. The average Bonchev–Trinajstić information content (AvgIpc) is 2.48. The molecule has 1 aliphatic heterocycles. The van der Waals surface area contributed by atoms with Crippen molar-refractivity contribution >= 4 is 5.69 Å². The van der Waals surface area contributed by atoms with Gasteiger partial charge in [0.05, 0.1) is 11.0 Å². The summed E-state index contributed by atoms with van der Waals surface area (Å²) in [5, 5.41) is 21.0. The number of rotatable bonds is 5. The molecule has 1 heterocycles. The monoisotopic (exact) mass is 280 g/mol. The van der Waals surface area contributed by atoms with Crippen molar-refractivity contribution in [3.05, 3.63) is 39.9 Å². The number of non-ortho nitro benzene ring substituents is 1. The molecule has 1 aliphatic rings. The Morgan fingerprint density at radius 2 is 2.20 bits per heavy atom. The van der Waals surface area contributed by atoms with E-state index in [-0.39, 0.29) is 5.69 Å².